The van der Waals surface area contributed by atoms with Crippen molar-refractivity contribution in [3.63, 3.8) is 0 Å². The number of ether oxygens (including phenoxy) is 2. The fraction of sp³-hybridized carbons (Fsp3) is 0.276. The molecule has 6 heteroatoms. The van der Waals surface area contributed by atoms with Crippen LogP contribution in [0.1, 0.15) is 29.5 Å². The van der Waals surface area contributed by atoms with Gasteiger partial charge in [-0.3, -0.25) is 4.90 Å². The Kier molecular flexibility index (Phi) is 8.43. The van der Waals surface area contributed by atoms with Gasteiger partial charge in [-0.15, -0.1) is 5.56 Å². The van der Waals surface area contributed by atoms with Crippen LogP contribution in [0.4, 0.5) is 0 Å². The van der Waals surface area contributed by atoms with Crippen LogP contribution in [0.2, 0.25) is 0 Å². The largest absolute Gasteiger partial charge is 0.497 e. The molecule has 0 atom stereocenters. The smallest absolute Gasteiger partial charge is 0.342 e. The molecule has 1 fully saturated rings. The molecule has 0 saturated carbocycles. The summed E-state index contributed by atoms with van der Waals surface area (Å²) >= 11 is 0. The number of benzene rings is 3. The summed E-state index contributed by atoms with van der Waals surface area (Å²) in [6.07, 6.45) is 3.08. The van der Waals surface area contributed by atoms with Crippen molar-refractivity contribution in [2.45, 2.75) is 26.2 Å². The fourth-order valence-corrected chi connectivity index (χ4v) is 4.61. The standard InChI is InChI=1S/C29H28NO4.Y/c1-20-7-3-4-8-24(20)28-26(25-14-13-23(32-2)18-27(25)34-29(28)31)17-21-9-11-22(12-10-21)33-19-30-15-5-6-16-30;/h4,7-14,18H,5-6,15-17,19H2,1-2H3;/q-1;. The van der Waals surface area contributed by atoms with Gasteiger partial charge in [-0.25, -0.2) is 4.79 Å². The summed E-state index contributed by atoms with van der Waals surface area (Å²) in [7, 11) is 1.60. The van der Waals surface area contributed by atoms with Crippen LogP contribution in [0, 0.1) is 13.0 Å². The summed E-state index contributed by atoms with van der Waals surface area (Å²) in [4.78, 5) is 15.5. The number of methoxy groups -OCH3 is 1. The number of hydrogen-bond donors (Lipinski definition) is 0. The van der Waals surface area contributed by atoms with Gasteiger partial charge in [-0.2, -0.15) is 29.8 Å². The van der Waals surface area contributed by atoms with E-state index in [1.807, 2.05) is 49.4 Å². The second-order valence-electron chi connectivity index (χ2n) is 8.77. The van der Waals surface area contributed by atoms with Gasteiger partial charge in [0, 0.05) is 62.8 Å². The van der Waals surface area contributed by atoms with E-state index in [0.717, 1.165) is 46.5 Å². The molecule has 1 aromatic heterocycles. The van der Waals surface area contributed by atoms with Gasteiger partial charge >= 0.3 is 5.63 Å². The van der Waals surface area contributed by atoms with E-state index < -0.39 is 0 Å². The zero-order valence-corrected chi connectivity index (χ0v) is 23.0. The fourth-order valence-electron chi connectivity index (χ4n) is 4.61. The molecule has 35 heavy (non-hydrogen) atoms. The van der Waals surface area contributed by atoms with Crippen LogP contribution in [0.3, 0.4) is 0 Å². The summed E-state index contributed by atoms with van der Waals surface area (Å²) in [5, 5.41) is 0.900. The van der Waals surface area contributed by atoms with Gasteiger partial charge in [-0.1, -0.05) is 19.1 Å². The SMILES string of the molecule is COc1ccc2c(Cc3ccc(OCN4CCCC4)cc3)c(-c3cc[c-]cc3C)c(=O)oc2c1.[Y]. The van der Waals surface area contributed by atoms with Crippen LogP contribution in [0.5, 0.6) is 11.5 Å². The zero-order valence-electron chi connectivity index (χ0n) is 20.2. The Bertz CT molecular complexity index is 1360. The first-order valence-electron chi connectivity index (χ1n) is 11.7. The molecule has 1 saturated heterocycles. The van der Waals surface area contributed by atoms with E-state index in [1.54, 1.807) is 13.2 Å². The summed E-state index contributed by atoms with van der Waals surface area (Å²) in [5.41, 5.74) is 4.65. The molecule has 177 valence electrons. The molecule has 1 aliphatic rings. The molecule has 5 nitrogen and oxygen atoms in total. The topological polar surface area (TPSA) is 51.9 Å². The molecule has 0 unspecified atom stereocenters. The van der Waals surface area contributed by atoms with Crippen LogP contribution in [0.25, 0.3) is 22.1 Å². The number of hydrogen-bond acceptors (Lipinski definition) is 5. The molecule has 4 aromatic rings. The molecule has 0 amide bonds. The minimum absolute atomic E-state index is 0. The van der Waals surface area contributed by atoms with Crippen molar-refractivity contribution in [2.75, 3.05) is 26.9 Å². The molecule has 5 rings (SSSR count). The van der Waals surface area contributed by atoms with Crippen molar-refractivity contribution in [1.29, 1.82) is 0 Å². The molecule has 3 aromatic carbocycles. The zero-order chi connectivity index (χ0) is 23.5. The van der Waals surface area contributed by atoms with Crippen LogP contribution >= 0.6 is 0 Å². The minimum Gasteiger partial charge on any atom is -0.497 e. The van der Waals surface area contributed by atoms with E-state index in [-0.39, 0.29) is 38.3 Å². The first-order chi connectivity index (χ1) is 16.6. The maximum absolute atomic E-state index is 13.2. The third kappa shape index (κ3) is 5.69. The van der Waals surface area contributed by atoms with E-state index in [9.17, 15) is 4.79 Å². The summed E-state index contributed by atoms with van der Waals surface area (Å²) in [6.45, 7) is 4.82. The minimum atomic E-state index is -0.351. The molecule has 1 aliphatic heterocycles. The maximum atomic E-state index is 13.2. The molecule has 1 radical (unpaired) electrons. The molecule has 2 heterocycles. The summed E-state index contributed by atoms with van der Waals surface area (Å²) < 4.78 is 17.1. The second kappa shape index (κ2) is 11.5. The summed E-state index contributed by atoms with van der Waals surface area (Å²) in [5.74, 6) is 1.51. The Balaban J connectivity index is 0.00000289. The van der Waals surface area contributed by atoms with Gasteiger partial charge in [0.15, 0.2) is 0 Å². The third-order valence-electron chi connectivity index (χ3n) is 6.48. The molecular weight excluding hydrogens is 515 g/mol. The average Bonchev–Trinajstić information content (AvgIpc) is 3.38. The van der Waals surface area contributed by atoms with Gasteiger partial charge < -0.3 is 13.9 Å². The van der Waals surface area contributed by atoms with Gasteiger partial charge in [-0.05, 0) is 54.7 Å². The van der Waals surface area contributed by atoms with E-state index in [2.05, 4.69) is 23.1 Å². The quantitative estimate of drug-likeness (QED) is 0.225. The number of rotatable bonds is 7. The van der Waals surface area contributed by atoms with Crippen molar-refractivity contribution in [3.8, 4) is 22.6 Å². The van der Waals surface area contributed by atoms with Crippen molar-refractivity contribution in [3.05, 3.63) is 93.8 Å². The van der Waals surface area contributed by atoms with Crippen molar-refractivity contribution >= 4 is 11.0 Å². The maximum Gasteiger partial charge on any atom is 0.342 e. The molecular formula is C29H28NO4Y-. The average molecular weight is 543 g/mol. The monoisotopic (exact) mass is 543 g/mol. The van der Waals surface area contributed by atoms with Gasteiger partial charge in [0.1, 0.15) is 23.8 Å². The van der Waals surface area contributed by atoms with E-state index in [0.29, 0.717) is 30.0 Å². The normalized spacial score (nSPS) is 13.5. The molecule has 0 N–H and O–H groups in total. The number of nitrogens with zero attached hydrogens (tertiary/aromatic N) is 1. The Hall–Kier alpha value is -2.47. The number of aryl methyl sites for hydroxylation is 1. The second-order valence-corrected chi connectivity index (χ2v) is 8.77. The van der Waals surface area contributed by atoms with Crippen LogP contribution in [-0.2, 0) is 39.1 Å². The van der Waals surface area contributed by atoms with Crippen LogP contribution < -0.4 is 15.1 Å². The molecule has 0 bridgehead atoms. The van der Waals surface area contributed by atoms with Crippen molar-refractivity contribution in [2.24, 2.45) is 0 Å². The van der Waals surface area contributed by atoms with Gasteiger partial charge in [0.2, 0.25) is 0 Å². The van der Waals surface area contributed by atoms with Crippen molar-refractivity contribution in [1.82, 2.24) is 4.90 Å². The first-order valence-corrected chi connectivity index (χ1v) is 11.7. The van der Waals surface area contributed by atoms with Gasteiger partial charge in [0.05, 0.1) is 7.11 Å². The van der Waals surface area contributed by atoms with Crippen LogP contribution in [-0.4, -0.2) is 31.8 Å². The molecule has 0 spiro atoms. The van der Waals surface area contributed by atoms with E-state index >= 15 is 0 Å². The van der Waals surface area contributed by atoms with Crippen molar-refractivity contribution < 1.29 is 46.6 Å². The Labute approximate surface area is 230 Å². The Morgan fingerprint density at radius 3 is 2.49 bits per heavy atom. The third-order valence-corrected chi connectivity index (χ3v) is 6.48. The Morgan fingerprint density at radius 1 is 1.03 bits per heavy atom. The van der Waals surface area contributed by atoms with Gasteiger partial charge in [0.25, 0.3) is 0 Å². The Morgan fingerprint density at radius 2 is 1.77 bits per heavy atom. The number of likely N-dealkylation sites (tertiary alicyclic amines) is 1. The van der Waals surface area contributed by atoms with E-state index in [1.165, 1.54) is 12.8 Å². The molecule has 0 aliphatic carbocycles. The predicted molar refractivity (Wildman–Crippen MR) is 134 cm³/mol. The first kappa shape index (κ1) is 25.6. The number of fused-ring (bicyclic) bond motifs is 1. The summed E-state index contributed by atoms with van der Waals surface area (Å²) in [6, 6.07) is 22.5. The van der Waals surface area contributed by atoms with Crippen LogP contribution in [0.15, 0.2) is 69.9 Å². The predicted octanol–water partition coefficient (Wildman–Crippen LogP) is 5.60. The van der Waals surface area contributed by atoms with E-state index in [4.69, 9.17) is 13.9 Å².